The van der Waals surface area contributed by atoms with Gasteiger partial charge in [-0.2, -0.15) is 0 Å². The maximum Gasteiger partial charge on any atom is 0.415 e. The number of likely N-dealkylation sites (tertiary alicyclic amines) is 1. The minimum Gasteiger partial charge on any atom is -0.422 e. The zero-order chi connectivity index (χ0) is 21.3. The molecule has 1 saturated heterocycles. The van der Waals surface area contributed by atoms with Crippen LogP contribution in [-0.4, -0.2) is 29.0 Å². The van der Waals surface area contributed by atoms with Crippen LogP contribution in [-0.2, 0) is 6.42 Å². The Morgan fingerprint density at radius 3 is 2.70 bits per heavy atom. The van der Waals surface area contributed by atoms with E-state index in [1.165, 1.54) is 18.2 Å². The number of non-ortho nitro benzene ring substituents is 1. The maximum atomic E-state index is 12.6. The molecule has 2 aromatic carbocycles. The molecule has 0 unspecified atom stereocenters. The van der Waals surface area contributed by atoms with Crippen LogP contribution in [0.25, 0.3) is 11.0 Å². The molecular formula is C22H20N2O6. The van der Waals surface area contributed by atoms with Gasteiger partial charge in [0.25, 0.3) is 5.69 Å². The summed E-state index contributed by atoms with van der Waals surface area (Å²) in [6.45, 7) is 3.17. The smallest absolute Gasteiger partial charge is 0.415 e. The summed E-state index contributed by atoms with van der Waals surface area (Å²) in [7, 11) is 0. The third-order valence-corrected chi connectivity index (χ3v) is 5.33. The van der Waals surface area contributed by atoms with Crippen molar-refractivity contribution in [1.82, 2.24) is 4.90 Å². The van der Waals surface area contributed by atoms with Crippen LogP contribution in [0.5, 0.6) is 5.75 Å². The Morgan fingerprint density at radius 2 is 1.97 bits per heavy atom. The lowest BCUT2D eigenvalue weighted by Gasteiger charge is -2.15. The fourth-order valence-electron chi connectivity index (χ4n) is 3.69. The van der Waals surface area contributed by atoms with E-state index >= 15 is 0 Å². The first-order chi connectivity index (χ1) is 14.4. The molecule has 0 atom stereocenters. The molecule has 0 bridgehead atoms. The highest BCUT2D eigenvalue weighted by molar-refractivity contribution is 5.83. The largest absolute Gasteiger partial charge is 0.422 e. The van der Waals surface area contributed by atoms with Crippen molar-refractivity contribution >= 4 is 22.7 Å². The number of ether oxygens (including phenoxy) is 1. The number of nitrogens with zero attached hydrogens (tertiary/aromatic N) is 2. The molecule has 1 aliphatic rings. The van der Waals surface area contributed by atoms with Crippen LogP contribution in [0.2, 0.25) is 0 Å². The summed E-state index contributed by atoms with van der Waals surface area (Å²) in [5.74, 6) is 0.313. The molecule has 0 aliphatic carbocycles. The SMILES string of the molecule is Cc1c(Cc2cccc([N+](=O)[O-])c2)c(=O)oc2cc(OC(=O)N3CCCC3)ccc12. The van der Waals surface area contributed by atoms with Crippen molar-refractivity contribution in [3.05, 3.63) is 79.7 Å². The Morgan fingerprint density at radius 1 is 1.20 bits per heavy atom. The number of amides is 1. The normalized spacial score (nSPS) is 13.6. The highest BCUT2D eigenvalue weighted by atomic mass is 16.6. The van der Waals surface area contributed by atoms with Gasteiger partial charge in [0.15, 0.2) is 0 Å². The van der Waals surface area contributed by atoms with E-state index in [1.54, 1.807) is 29.2 Å². The van der Waals surface area contributed by atoms with Gasteiger partial charge in [-0.05, 0) is 43.0 Å². The van der Waals surface area contributed by atoms with Gasteiger partial charge in [0, 0.05) is 48.7 Å². The van der Waals surface area contributed by atoms with Gasteiger partial charge in [-0.1, -0.05) is 12.1 Å². The van der Waals surface area contributed by atoms with E-state index in [-0.39, 0.29) is 12.1 Å². The van der Waals surface area contributed by atoms with Gasteiger partial charge in [-0.3, -0.25) is 10.1 Å². The van der Waals surface area contributed by atoms with Crippen molar-refractivity contribution < 1.29 is 18.9 Å². The number of nitro groups is 1. The molecule has 3 aromatic rings. The third kappa shape index (κ3) is 3.89. The minimum atomic E-state index is -0.519. The molecule has 4 rings (SSSR count). The average molecular weight is 408 g/mol. The van der Waals surface area contributed by atoms with Crippen molar-refractivity contribution in [3.8, 4) is 5.75 Å². The molecule has 154 valence electrons. The number of carbonyl (C=O) groups is 1. The van der Waals surface area contributed by atoms with E-state index in [0.717, 1.165) is 23.8 Å². The number of hydrogen-bond donors (Lipinski definition) is 0. The maximum absolute atomic E-state index is 12.6. The topological polar surface area (TPSA) is 103 Å². The molecule has 2 heterocycles. The van der Waals surface area contributed by atoms with Crippen LogP contribution in [0.15, 0.2) is 51.7 Å². The molecule has 8 heteroatoms. The summed E-state index contributed by atoms with van der Waals surface area (Å²) in [4.78, 5) is 37.0. The molecular weight excluding hydrogens is 388 g/mol. The van der Waals surface area contributed by atoms with E-state index in [2.05, 4.69) is 0 Å². The minimum absolute atomic E-state index is 0.0280. The fourth-order valence-corrected chi connectivity index (χ4v) is 3.69. The van der Waals surface area contributed by atoms with E-state index in [0.29, 0.717) is 35.5 Å². The van der Waals surface area contributed by atoms with Crippen LogP contribution in [0.4, 0.5) is 10.5 Å². The predicted octanol–water partition coefficient (Wildman–Crippen LogP) is 4.20. The summed E-state index contributed by atoms with van der Waals surface area (Å²) in [5.41, 5.74) is 1.59. The van der Waals surface area contributed by atoms with Crippen LogP contribution in [0.1, 0.15) is 29.5 Å². The van der Waals surface area contributed by atoms with Gasteiger partial charge < -0.3 is 14.1 Å². The summed E-state index contributed by atoms with van der Waals surface area (Å²) in [6, 6.07) is 11.1. The Bertz CT molecular complexity index is 1190. The lowest BCUT2D eigenvalue weighted by molar-refractivity contribution is -0.384. The number of aryl methyl sites for hydroxylation is 1. The van der Waals surface area contributed by atoms with Gasteiger partial charge in [-0.25, -0.2) is 9.59 Å². The van der Waals surface area contributed by atoms with E-state index in [9.17, 15) is 19.7 Å². The fraction of sp³-hybridized carbons (Fsp3) is 0.273. The van der Waals surface area contributed by atoms with Gasteiger partial charge in [0.1, 0.15) is 11.3 Å². The molecule has 0 radical (unpaired) electrons. The van der Waals surface area contributed by atoms with Crippen LogP contribution >= 0.6 is 0 Å². The van der Waals surface area contributed by atoms with Crippen molar-refractivity contribution in [2.45, 2.75) is 26.2 Å². The molecule has 0 N–H and O–H groups in total. The van der Waals surface area contributed by atoms with Crippen LogP contribution < -0.4 is 10.4 Å². The number of carbonyl (C=O) groups excluding carboxylic acids is 1. The highest BCUT2D eigenvalue weighted by Crippen LogP contribution is 2.26. The summed E-state index contributed by atoms with van der Waals surface area (Å²) in [5, 5.41) is 11.7. The number of benzene rings is 2. The summed E-state index contributed by atoms with van der Waals surface area (Å²) in [6.07, 6.45) is 1.74. The monoisotopic (exact) mass is 408 g/mol. The van der Waals surface area contributed by atoms with Gasteiger partial charge in [0.2, 0.25) is 0 Å². The second-order valence-electron chi connectivity index (χ2n) is 7.32. The summed E-state index contributed by atoms with van der Waals surface area (Å²) < 4.78 is 10.9. The average Bonchev–Trinajstić information content (AvgIpc) is 3.26. The molecule has 1 fully saturated rings. The first-order valence-corrected chi connectivity index (χ1v) is 9.69. The number of nitro benzene ring substituents is 1. The molecule has 1 aromatic heterocycles. The Labute approximate surface area is 171 Å². The van der Waals surface area contributed by atoms with Gasteiger partial charge >= 0.3 is 11.7 Å². The van der Waals surface area contributed by atoms with Crippen molar-refractivity contribution in [1.29, 1.82) is 0 Å². The standard InChI is InChI=1S/C22H20N2O6/c1-14-18-8-7-17(29-22(26)23-9-2-3-10-23)13-20(18)30-21(25)19(14)12-15-5-4-6-16(11-15)24(27)28/h4-8,11,13H,2-3,9-10,12H2,1H3. The molecule has 8 nitrogen and oxygen atoms in total. The van der Waals surface area contributed by atoms with E-state index in [4.69, 9.17) is 9.15 Å². The number of hydrogen-bond acceptors (Lipinski definition) is 6. The zero-order valence-corrected chi connectivity index (χ0v) is 16.4. The van der Waals surface area contributed by atoms with Crippen LogP contribution in [0.3, 0.4) is 0 Å². The van der Waals surface area contributed by atoms with Crippen molar-refractivity contribution in [2.75, 3.05) is 13.1 Å². The van der Waals surface area contributed by atoms with Crippen LogP contribution in [0, 0.1) is 17.0 Å². The molecule has 30 heavy (non-hydrogen) atoms. The van der Waals surface area contributed by atoms with Crippen molar-refractivity contribution in [3.63, 3.8) is 0 Å². The lowest BCUT2D eigenvalue weighted by atomic mass is 9.99. The molecule has 0 saturated carbocycles. The first kappa shape index (κ1) is 19.6. The molecule has 1 aliphatic heterocycles. The highest BCUT2D eigenvalue weighted by Gasteiger charge is 2.20. The third-order valence-electron chi connectivity index (χ3n) is 5.33. The predicted molar refractivity (Wildman–Crippen MR) is 110 cm³/mol. The molecule has 0 spiro atoms. The lowest BCUT2D eigenvalue weighted by Crippen LogP contribution is -2.30. The second-order valence-corrected chi connectivity index (χ2v) is 7.32. The number of rotatable bonds is 4. The molecule has 1 amide bonds. The summed E-state index contributed by atoms with van der Waals surface area (Å²) >= 11 is 0. The Balaban J connectivity index is 1.63. The zero-order valence-electron chi connectivity index (χ0n) is 16.4. The van der Waals surface area contributed by atoms with E-state index < -0.39 is 16.6 Å². The van der Waals surface area contributed by atoms with E-state index in [1.807, 2.05) is 6.92 Å². The first-order valence-electron chi connectivity index (χ1n) is 9.69. The Hall–Kier alpha value is -3.68. The van der Waals surface area contributed by atoms with Gasteiger partial charge in [0.05, 0.1) is 4.92 Å². The van der Waals surface area contributed by atoms with Gasteiger partial charge in [-0.15, -0.1) is 0 Å². The number of fused-ring (bicyclic) bond motifs is 1. The van der Waals surface area contributed by atoms with Crippen molar-refractivity contribution in [2.24, 2.45) is 0 Å². The quantitative estimate of drug-likeness (QED) is 0.364. The Kier molecular flexibility index (Phi) is 5.22. The second kappa shape index (κ2) is 7.98.